The molecular formula is C19H24BN2S+. The first-order valence-electron chi connectivity index (χ1n) is 7.72. The maximum Gasteiger partial charge on any atom is 0.141 e. The zero-order chi connectivity index (χ0) is 17.2. The molecule has 0 amide bonds. The largest absolute Gasteiger partial charge is 0.141 e. The summed E-state index contributed by atoms with van der Waals surface area (Å²) in [5, 5.41) is 4.92. The van der Waals surface area contributed by atoms with Crippen molar-refractivity contribution in [1.82, 2.24) is 0 Å². The van der Waals surface area contributed by atoms with Crippen molar-refractivity contribution in [2.45, 2.75) is 32.6 Å². The SMILES string of the molecule is [B]c1cc(C)c(/C(C)=N/[N+](C)(C)Sc2ccc(C)cc2)c(C)c1. The van der Waals surface area contributed by atoms with Gasteiger partial charge in [0, 0.05) is 5.56 Å². The molecule has 0 aliphatic heterocycles. The van der Waals surface area contributed by atoms with Gasteiger partial charge in [-0.25, -0.2) is 0 Å². The molecule has 0 aliphatic carbocycles. The fourth-order valence-electron chi connectivity index (χ4n) is 2.86. The lowest BCUT2D eigenvalue weighted by molar-refractivity contribution is -0.757. The number of aryl methyl sites for hydroxylation is 3. The molecule has 2 rings (SSSR count). The highest BCUT2D eigenvalue weighted by Crippen LogP contribution is 2.28. The van der Waals surface area contributed by atoms with Gasteiger partial charge in [-0.05, 0) is 51.0 Å². The topological polar surface area (TPSA) is 12.4 Å². The summed E-state index contributed by atoms with van der Waals surface area (Å²) in [6.07, 6.45) is 0. The molecule has 0 fully saturated rings. The van der Waals surface area contributed by atoms with Crippen molar-refractivity contribution in [1.29, 1.82) is 0 Å². The fourth-order valence-corrected chi connectivity index (χ4v) is 3.79. The van der Waals surface area contributed by atoms with Crippen LogP contribution in [0.4, 0.5) is 0 Å². The van der Waals surface area contributed by atoms with Gasteiger partial charge in [0.25, 0.3) is 0 Å². The molecule has 0 spiro atoms. The number of hydrogen-bond acceptors (Lipinski definition) is 2. The molecule has 0 bridgehead atoms. The van der Waals surface area contributed by atoms with E-state index in [1.54, 1.807) is 11.9 Å². The van der Waals surface area contributed by atoms with Gasteiger partial charge in [0.15, 0.2) is 0 Å². The molecule has 2 nitrogen and oxygen atoms in total. The van der Waals surface area contributed by atoms with Crippen molar-refractivity contribution in [2.75, 3.05) is 14.1 Å². The molecule has 0 aromatic heterocycles. The minimum absolute atomic E-state index is 0.484. The summed E-state index contributed by atoms with van der Waals surface area (Å²) in [5.41, 5.74) is 6.64. The van der Waals surface area contributed by atoms with E-state index in [2.05, 4.69) is 66.1 Å². The minimum atomic E-state index is 0.484. The van der Waals surface area contributed by atoms with Gasteiger partial charge < -0.3 is 0 Å². The quantitative estimate of drug-likeness (QED) is 0.273. The average molecular weight is 323 g/mol. The maximum absolute atomic E-state index is 5.92. The second kappa shape index (κ2) is 6.94. The van der Waals surface area contributed by atoms with Gasteiger partial charge in [-0.15, -0.1) is 4.00 Å². The average Bonchev–Trinajstić information content (AvgIpc) is 2.39. The molecule has 23 heavy (non-hydrogen) atoms. The maximum atomic E-state index is 5.92. The first-order valence-corrected chi connectivity index (χ1v) is 8.49. The Hall–Kier alpha value is -1.52. The Bertz CT molecular complexity index is 711. The first kappa shape index (κ1) is 17.8. The highest BCUT2D eigenvalue weighted by atomic mass is 32.2. The summed E-state index contributed by atoms with van der Waals surface area (Å²) in [7, 11) is 10.1. The van der Waals surface area contributed by atoms with E-state index >= 15 is 0 Å². The van der Waals surface area contributed by atoms with Gasteiger partial charge in [-0.1, -0.05) is 40.4 Å². The van der Waals surface area contributed by atoms with E-state index in [4.69, 9.17) is 12.9 Å². The van der Waals surface area contributed by atoms with E-state index < -0.39 is 0 Å². The van der Waals surface area contributed by atoms with Crippen molar-refractivity contribution >= 4 is 31.0 Å². The molecule has 0 saturated carbocycles. The molecule has 118 valence electrons. The third-order valence-electron chi connectivity index (χ3n) is 3.66. The Kier molecular flexibility index (Phi) is 5.38. The van der Waals surface area contributed by atoms with Crippen LogP contribution in [-0.4, -0.2) is 31.7 Å². The smallest absolute Gasteiger partial charge is 0.139 e. The molecule has 0 unspecified atom stereocenters. The van der Waals surface area contributed by atoms with Crippen LogP contribution in [0, 0.1) is 20.8 Å². The first-order chi connectivity index (χ1) is 10.7. The van der Waals surface area contributed by atoms with Crippen LogP contribution in [0.2, 0.25) is 0 Å². The Labute approximate surface area is 145 Å². The molecule has 0 heterocycles. The number of hydrogen-bond donors (Lipinski definition) is 0. The van der Waals surface area contributed by atoms with Gasteiger partial charge in [0.1, 0.15) is 39.6 Å². The Morgan fingerprint density at radius 1 is 1.00 bits per heavy atom. The van der Waals surface area contributed by atoms with Crippen LogP contribution < -0.4 is 5.46 Å². The number of benzene rings is 2. The molecule has 2 aromatic carbocycles. The number of quaternary nitrogens is 1. The van der Waals surface area contributed by atoms with Gasteiger partial charge in [0.05, 0.1) is 4.90 Å². The molecule has 0 atom stereocenters. The zero-order valence-corrected chi connectivity index (χ0v) is 15.7. The van der Waals surface area contributed by atoms with E-state index in [1.807, 2.05) is 12.1 Å². The van der Waals surface area contributed by atoms with Crippen molar-refractivity contribution in [2.24, 2.45) is 5.10 Å². The van der Waals surface area contributed by atoms with Crippen LogP contribution in [-0.2, 0) is 0 Å². The van der Waals surface area contributed by atoms with Crippen LogP contribution in [0.25, 0.3) is 0 Å². The van der Waals surface area contributed by atoms with Crippen molar-refractivity contribution in [3.05, 3.63) is 58.7 Å². The van der Waals surface area contributed by atoms with Gasteiger partial charge >= 0.3 is 0 Å². The summed E-state index contributed by atoms with van der Waals surface area (Å²) in [5.74, 6) is 0. The second-order valence-corrected chi connectivity index (χ2v) is 7.96. The van der Waals surface area contributed by atoms with Crippen LogP contribution in [0.1, 0.15) is 29.2 Å². The standard InChI is InChI=1S/C19H24BN2S/c1-13-7-9-18(10-8-13)23-22(5,6)21-16(4)19-14(2)11-17(20)12-15(19)3/h7-12H,1-6H3/q+1/b21-16+. The van der Waals surface area contributed by atoms with Crippen molar-refractivity contribution in [3.8, 4) is 0 Å². The van der Waals surface area contributed by atoms with Crippen molar-refractivity contribution < 1.29 is 4.00 Å². The molecular weight excluding hydrogens is 299 g/mol. The molecule has 4 heteroatoms. The fraction of sp³-hybridized carbons (Fsp3) is 0.316. The van der Waals surface area contributed by atoms with Gasteiger partial charge in [-0.3, -0.25) is 0 Å². The molecule has 0 aliphatic rings. The van der Waals surface area contributed by atoms with E-state index in [0.29, 0.717) is 4.00 Å². The van der Waals surface area contributed by atoms with Gasteiger partial charge in [0.2, 0.25) is 0 Å². The molecule has 0 N–H and O–H groups in total. The van der Waals surface area contributed by atoms with E-state index in [0.717, 1.165) is 11.2 Å². The lowest BCUT2D eigenvalue weighted by Crippen LogP contribution is -2.26. The molecule has 2 aromatic rings. The molecule has 0 saturated heterocycles. The minimum Gasteiger partial charge on any atom is -0.139 e. The van der Waals surface area contributed by atoms with Crippen molar-refractivity contribution in [3.63, 3.8) is 0 Å². The lowest BCUT2D eigenvalue weighted by atomic mass is 9.88. The molecule has 2 radical (unpaired) electrons. The van der Waals surface area contributed by atoms with Gasteiger partial charge in [-0.2, -0.15) is 0 Å². The third kappa shape index (κ3) is 4.73. The summed E-state index contributed by atoms with van der Waals surface area (Å²) in [6, 6.07) is 12.6. The highest BCUT2D eigenvalue weighted by molar-refractivity contribution is 7.93. The normalized spacial score (nSPS) is 12.5. The summed E-state index contributed by atoms with van der Waals surface area (Å²) in [4.78, 5) is 1.21. The zero-order valence-electron chi connectivity index (χ0n) is 14.8. The lowest BCUT2D eigenvalue weighted by Gasteiger charge is -2.21. The predicted molar refractivity (Wildman–Crippen MR) is 103 cm³/mol. The second-order valence-electron chi connectivity index (χ2n) is 6.41. The third-order valence-corrected chi connectivity index (χ3v) is 4.67. The highest BCUT2D eigenvalue weighted by Gasteiger charge is 2.20. The summed E-state index contributed by atoms with van der Waals surface area (Å²) >= 11 is 1.72. The Morgan fingerprint density at radius 3 is 2.04 bits per heavy atom. The predicted octanol–water partition coefficient (Wildman–Crippen LogP) is 3.91. The number of rotatable bonds is 4. The summed E-state index contributed by atoms with van der Waals surface area (Å²) < 4.78 is 0.484. The van der Waals surface area contributed by atoms with E-state index in [9.17, 15) is 0 Å². The van der Waals surface area contributed by atoms with Crippen LogP contribution in [0.5, 0.6) is 0 Å². The van der Waals surface area contributed by atoms with E-state index in [-0.39, 0.29) is 0 Å². The van der Waals surface area contributed by atoms with Crippen LogP contribution >= 0.6 is 11.9 Å². The van der Waals surface area contributed by atoms with Crippen LogP contribution in [0.3, 0.4) is 0 Å². The number of nitrogens with zero attached hydrogens (tertiary/aromatic N) is 2. The summed E-state index contributed by atoms with van der Waals surface area (Å²) in [6.45, 7) is 8.35. The van der Waals surface area contributed by atoms with Crippen LogP contribution in [0.15, 0.2) is 46.4 Å². The Morgan fingerprint density at radius 2 is 1.52 bits per heavy atom. The van der Waals surface area contributed by atoms with E-state index in [1.165, 1.54) is 27.1 Å². The Balaban J connectivity index is 2.30. The monoisotopic (exact) mass is 323 g/mol.